The van der Waals surface area contributed by atoms with E-state index in [0.29, 0.717) is 6.61 Å². The van der Waals surface area contributed by atoms with Gasteiger partial charge in [0.05, 0.1) is 6.61 Å². The molecule has 0 aliphatic carbocycles. The maximum absolute atomic E-state index is 9.07. The summed E-state index contributed by atoms with van der Waals surface area (Å²) < 4.78 is 9.79. The van der Waals surface area contributed by atoms with Crippen LogP contribution in [0.5, 0.6) is 0 Å². The van der Waals surface area contributed by atoms with Crippen molar-refractivity contribution >= 4 is 0 Å². The zero-order valence-electron chi connectivity index (χ0n) is 5.78. The molecule has 1 heterocycles. The number of aliphatic hydroxyl groups excluding tert-OH is 1. The average Bonchev–Trinajstić information content (AvgIpc) is 2.13. The van der Waals surface area contributed by atoms with Gasteiger partial charge in [0.1, 0.15) is 0 Å². The van der Waals surface area contributed by atoms with E-state index in [4.69, 9.17) is 20.3 Å². The van der Waals surface area contributed by atoms with Crippen LogP contribution in [0.2, 0.25) is 0 Å². The van der Waals surface area contributed by atoms with E-state index in [1.54, 1.807) is 7.11 Å². The number of hydrogen-bond acceptors (Lipinski definition) is 4. The first-order chi connectivity index (χ1) is 4.74. The summed E-state index contributed by atoms with van der Waals surface area (Å²) in [6.07, 6.45) is 0.762. The van der Waals surface area contributed by atoms with Crippen LogP contribution < -0.4 is 5.73 Å². The van der Waals surface area contributed by atoms with Crippen molar-refractivity contribution in [3.63, 3.8) is 0 Å². The maximum Gasteiger partial charge on any atom is 0.312 e. The van der Waals surface area contributed by atoms with Crippen molar-refractivity contribution in [1.82, 2.24) is 0 Å². The van der Waals surface area contributed by atoms with Crippen LogP contribution in [0.25, 0.3) is 0 Å². The molecule has 10 heavy (non-hydrogen) atoms. The third-order valence-electron chi connectivity index (χ3n) is 1.30. The van der Waals surface area contributed by atoms with Crippen LogP contribution in [0.4, 0.5) is 0 Å². The lowest BCUT2D eigenvalue weighted by Gasteiger charge is -2.05. The monoisotopic (exact) mass is 145 g/mol. The topological polar surface area (TPSA) is 64.7 Å². The van der Waals surface area contributed by atoms with E-state index in [-0.39, 0.29) is 12.2 Å². The molecule has 0 saturated carbocycles. The molecule has 0 aromatic heterocycles. The first-order valence-electron chi connectivity index (χ1n) is 3.04. The molecule has 4 nitrogen and oxygen atoms in total. The lowest BCUT2D eigenvalue weighted by molar-refractivity contribution is -0.00753. The molecule has 0 spiro atoms. The third kappa shape index (κ3) is 1.60. The lowest BCUT2D eigenvalue weighted by atomic mass is 10.2. The third-order valence-corrected chi connectivity index (χ3v) is 1.30. The average molecular weight is 145 g/mol. The molecule has 1 aliphatic rings. The van der Waals surface area contributed by atoms with Crippen molar-refractivity contribution in [3.8, 4) is 0 Å². The quantitative estimate of drug-likeness (QED) is 0.510. The number of methoxy groups -OCH3 is 1. The molecule has 2 unspecified atom stereocenters. The van der Waals surface area contributed by atoms with Gasteiger partial charge in [-0.2, -0.15) is 0 Å². The smallest absolute Gasteiger partial charge is 0.312 e. The standard InChI is InChI=1S/C6H11NO3/c1-9-3-5-4(8)2-6(7)10-5/h2,5-6,8H,3,7H2,1H3/q+1. The zero-order chi connectivity index (χ0) is 7.56. The SMILES string of the molecule is COCC1OC(N)[CH+][C]1O. The van der Waals surface area contributed by atoms with Crippen LogP contribution in [0, 0.1) is 12.5 Å². The molecule has 2 atom stereocenters. The van der Waals surface area contributed by atoms with E-state index >= 15 is 0 Å². The molecule has 0 bridgehead atoms. The molecular formula is C6H11NO3+. The molecule has 1 fully saturated rings. The van der Waals surface area contributed by atoms with Gasteiger partial charge in [-0.1, -0.05) is 0 Å². The highest BCUT2D eigenvalue weighted by atomic mass is 16.6. The number of nitrogens with two attached hydrogens (primary N) is 1. The number of hydrogen-bond donors (Lipinski definition) is 2. The Morgan fingerprint density at radius 3 is 3.00 bits per heavy atom. The van der Waals surface area contributed by atoms with Crippen LogP contribution in [0.15, 0.2) is 0 Å². The van der Waals surface area contributed by atoms with Gasteiger partial charge in [0, 0.05) is 7.11 Å². The summed E-state index contributed by atoms with van der Waals surface area (Å²) in [6, 6.07) is 0. The summed E-state index contributed by atoms with van der Waals surface area (Å²) in [4.78, 5) is 0. The van der Waals surface area contributed by atoms with Crippen LogP contribution in [0.1, 0.15) is 0 Å². The van der Waals surface area contributed by atoms with Gasteiger partial charge in [-0.3, -0.25) is 5.73 Å². The largest absolute Gasteiger partial charge is 0.382 e. The van der Waals surface area contributed by atoms with Crippen LogP contribution in [-0.4, -0.2) is 31.2 Å². The van der Waals surface area contributed by atoms with Crippen LogP contribution >= 0.6 is 0 Å². The predicted octanol–water partition coefficient (Wildman–Crippen LogP) is -0.575. The first kappa shape index (κ1) is 7.81. The highest BCUT2D eigenvalue weighted by Crippen LogP contribution is 2.21. The first-order valence-corrected chi connectivity index (χ1v) is 3.04. The van der Waals surface area contributed by atoms with Crippen molar-refractivity contribution in [2.24, 2.45) is 5.73 Å². The highest BCUT2D eigenvalue weighted by molar-refractivity contribution is 5.08. The van der Waals surface area contributed by atoms with Gasteiger partial charge in [0.15, 0.2) is 12.5 Å². The molecule has 4 heteroatoms. The Morgan fingerprint density at radius 2 is 2.60 bits per heavy atom. The van der Waals surface area contributed by atoms with Gasteiger partial charge in [-0.25, -0.2) is 0 Å². The predicted molar refractivity (Wildman–Crippen MR) is 34.2 cm³/mol. The van der Waals surface area contributed by atoms with Crippen molar-refractivity contribution < 1.29 is 14.6 Å². The molecule has 1 radical (unpaired) electrons. The Hall–Kier alpha value is -0.290. The van der Waals surface area contributed by atoms with Crippen molar-refractivity contribution in [1.29, 1.82) is 0 Å². The molecule has 1 saturated heterocycles. The molecule has 57 valence electrons. The van der Waals surface area contributed by atoms with E-state index in [1.165, 1.54) is 6.42 Å². The van der Waals surface area contributed by atoms with E-state index < -0.39 is 6.23 Å². The highest BCUT2D eigenvalue weighted by Gasteiger charge is 2.43. The van der Waals surface area contributed by atoms with Crippen molar-refractivity contribution in [2.75, 3.05) is 13.7 Å². The van der Waals surface area contributed by atoms with E-state index in [9.17, 15) is 0 Å². The van der Waals surface area contributed by atoms with Gasteiger partial charge in [0.25, 0.3) is 6.23 Å². The summed E-state index contributed by atoms with van der Waals surface area (Å²) >= 11 is 0. The Labute approximate surface area is 59.9 Å². The second kappa shape index (κ2) is 3.21. The van der Waals surface area contributed by atoms with Gasteiger partial charge in [-0.15, -0.1) is 0 Å². The minimum Gasteiger partial charge on any atom is -0.382 e. The normalized spacial score (nSPS) is 34.3. The van der Waals surface area contributed by atoms with Crippen molar-refractivity contribution in [2.45, 2.75) is 12.3 Å². The van der Waals surface area contributed by atoms with E-state index in [0.717, 1.165) is 0 Å². The van der Waals surface area contributed by atoms with Gasteiger partial charge >= 0.3 is 6.10 Å². The molecule has 1 rings (SSSR count). The minimum absolute atomic E-state index is 0.161. The number of rotatable bonds is 2. The van der Waals surface area contributed by atoms with Gasteiger partial charge in [0.2, 0.25) is 0 Å². The van der Waals surface area contributed by atoms with Crippen LogP contribution in [-0.2, 0) is 9.47 Å². The summed E-state index contributed by atoms with van der Waals surface area (Å²) in [5.41, 5.74) is 5.33. The zero-order valence-corrected chi connectivity index (χ0v) is 5.78. The molecule has 0 amide bonds. The number of ether oxygens (including phenoxy) is 2. The van der Waals surface area contributed by atoms with Gasteiger partial charge in [-0.05, 0) is 0 Å². The Bertz CT molecular complexity index is 109. The Balaban J connectivity index is 2.31. The maximum atomic E-state index is 9.07. The fourth-order valence-electron chi connectivity index (χ4n) is 0.850. The summed E-state index contributed by atoms with van der Waals surface area (Å²) in [5.74, 6) is 0. The Morgan fingerprint density at radius 1 is 1.90 bits per heavy atom. The second-order valence-electron chi connectivity index (χ2n) is 2.14. The molecule has 3 N–H and O–H groups in total. The number of aliphatic hydroxyl groups is 1. The summed E-state index contributed by atoms with van der Waals surface area (Å²) in [5, 5.41) is 9.07. The van der Waals surface area contributed by atoms with Crippen molar-refractivity contribution in [3.05, 3.63) is 12.5 Å². The lowest BCUT2D eigenvalue weighted by Crippen LogP contribution is -2.23. The molecule has 0 aromatic rings. The Kier molecular flexibility index (Phi) is 2.50. The summed E-state index contributed by atoms with van der Waals surface area (Å²) in [6.45, 7) is 0.343. The van der Waals surface area contributed by atoms with Crippen LogP contribution in [0.3, 0.4) is 0 Å². The molecule has 0 aromatic carbocycles. The fraction of sp³-hybridized carbons (Fsp3) is 0.667. The fourth-order valence-corrected chi connectivity index (χ4v) is 0.850. The molecule has 1 aliphatic heterocycles. The van der Waals surface area contributed by atoms with E-state index in [2.05, 4.69) is 0 Å². The minimum atomic E-state index is -0.486. The summed E-state index contributed by atoms with van der Waals surface area (Å²) in [7, 11) is 1.54. The second-order valence-corrected chi connectivity index (χ2v) is 2.14. The van der Waals surface area contributed by atoms with E-state index in [1.807, 2.05) is 0 Å². The molecular weight excluding hydrogens is 134 g/mol. The van der Waals surface area contributed by atoms with Gasteiger partial charge < -0.3 is 14.6 Å².